The summed E-state index contributed by atoms with van der Waals surface area (Å²) in [5, 5.41) is 3.01. The van der Waals surface area contributed by atoms with E-state index in [9.17, 15) is 4.79 Å². The molecule has 1 saturated heterocycles. The van der Waals surface area contributed by atoms with Gasteiger partial charge in [-0.1, -0.05) is 0 Å². The monoisotopic (exact) mass is 306 g/mol. The SMILES string of the molecule is CC1(C)COC2(CCC(C(=O)NC[C]3[CH][CH][CH][CH]3)CC2)OO1. The summed E-state index contributed by atoms with van der Waals surface area (Å²) >= 11 is 0. The molecule has 0 aromatic carbocycles. The summed E-state index contributed by atoms with van der Waals surface area (Å²) in [6.45, 7) is 4.98. The molecule has 1 amide bonds. The van der Waals surface area contributed by atoms with Gasteiger partial charge in [0.05, 0.1) is 6.61 Å². The van der Waals surface area contributed by atoms with Crippen LogP contribution in [-0.4, -0.2) is 30.4 Å². The standard InChI is InChI=1S/C17H24NO4/c1-16(2)12-20-17(22-21-16)9-7-14(8-10-17)15(19)18-11-13-5-3-4-6-13/h3-6,14H,7-12H2,1-2H3,(H,18,19). The van der Waals surface area contributed by atoms with Crippen molar-refractivity contribution in [1.29, 1.82) is 0 Å². The van der Waals surface area contributed by atoms with Crippen LogP contribution in [0.4, 0.5) is 0 Å². The molecule has 3 rings (SSSR count). The molecule has 3 fully saturated rings. The van der Waals surface area contributed by atoms with Crippen LogP contribution in [0, 0.1) is 37.5 Å². The van der Waals surface area contributed by atoms with E-state index in [4.69, 9.17) is 14.5 Å². The van der Waals surface area contributed by atoms with Crippen molar-refractivity contribution in [3.63, 3.8) is 0 Å². The van der Waals surface area contributed by atoms with Crippen molar-refractivity contribution in [3.05, 3.63) is 31.6 Å². The fourth-order valence-electron chi connectivity index (χ4n) is 2.95. The van der Waals surface area contributed by atoms with Crippen molar-refractivity contribution >= 4 is 5.91 Å². The molecule has 5 nitrogen and oxygen atoms in total. The molecular formula is C17H24NO4. The normalized spacial score (nSPS) is 35.6. The lowest BCUT2D eigenvalue weighted by Crippen LogP contribution is -2.51. The minimum atomic E-state index is -0.655. The van der Waals surface area contributed by atoms with Crippen molar-refractivity contribution < 1.29 is 19.3 Å². The van der Waals surface area contributed by atoms with Crippen molar-refractivity contribution in [1.82, 2.24) is 5.32 Å². The Kier molecular flexibility index (Phi) is 4.76. The van der Waals surface area contributed by atoms with Gasteiger partial charge in [0.25, 0.3) is 0 Å². The van der Waals surface area contributed by atoms with Gasteiger partial charge in [-0.15, -0.1) is 0 Å². The molecule has 2 saturated carbocycles. The molecule has 3 aliphatic rings. The molecular weight excluding hydrogens is 282 g/mol. The summed E-state index contributed by atoms with van der Waals surface area (Å²) < 4.78 is 5.89. The maximum absolute atomic E-state index is 12.2. The first kappa shape index (κ1) is 16.2. The van der Waals surface area contributed by atoms with Gasteiger partial charge < -0.3 is 10.1 Å². The fourth-order valence-corrected chi connectivity index (χ4v) is 2.95. The number of rotatable bonds is 3. The summed E-state index contributed by atoms with van der Waals surface area (Å²) in [6.07, 6.45) is 10.9. The second-order valence-electron chi connectivity index (χ2n) is 6.91. The van der Waals surface area contributed by atoms with Crippen LogP contribution >= 0.6 is 0 Å². The Hall–Kier alpha value is -0.650. The smallest absolute Gasteiger partial charge is 0.223 e. The van der Waals surface area contributed by atoms with Crippen molar-refractivity contribution in [2.75, 3.05) is 13.2 Å². The highest BCUT2D eigenvalue weighted by atomic mass is 17.2. The number of hydrogen-bond acceptors (Lipinski definition) is 4. The third-order valence-electron chi connectivity index (χ3n) is 4.42. The second kappa shape index (κ2) is 6.46. The first-order chi connectivity index (χ1) is 10.5. The van der Waals surface area contributed by atoms with E-state index in [1.165, 1.54) is 0 Å². The topological polar surface area (TPSA) is 56.8 Å². The highest BCUT2D eigenvalue weighted by molar-refractivity contribution is 5.79. The van der Waals surface area contributed by atoms with Gasteiger partial charge >= 0.3 is 0 Å². The Labute approximate surface area is 133 Å². The minimum Gasteiger partial charge on any atom is -0.355 e. The Balaban J connectivity index is 1.42. The van der Waals surface area contributed by atoms with Crippen LogP contribution in [-0.2, 0) is 19.3 Å². The van der Waals surface area contributed by atoms with Crippen molar-refractivity contribution in [2.45, 2.75) is 50.9 Å². The zero-order valence-corrected chi connectivity index (χ0v) is 13.3. The summed E-state index contributed by atoms with van der Waals surface area (Å²) in [6, 6.07) is 0. The molecule has 0 unspecified atom stereocenters. The number of nitrogens with one attached hydrogen (secondary N) is 1. The molecule has 5 radical (unpaired) electrons. The van der Waals surface area contributed by atoms with Crippen LogP contribution in [0.25, 0.3) is 0 Å². The predicted octanol–water partition coefficient (Wildman–Crippen LogP) is 2.15. The van der Waals surface area contributed by atoms with Crippen LogP contribution in [0.5, 0.6) is 0 Å². The maximum atomic E-state index is 12.2. The first-order valence-electron chi connectivity index (χ1n) is 7.97. The molecule has 0 bridgehead atoms. The average molecular weight is 306 g/mol. The van der Waals surface area contributed by atoms with Crippen molar-refractivity contribution in [3.8, 4) is 0 Å². The van der Waals surface area contributed by atoms with Gasteiger partial charge in [-0.25, -0.2) is 9.78 Å². The number of ether oxygens (including phenoxy) is 1. The minimum absolute atomic E-state index is 0.0303. The third-order valence-corrected chi connectivity index (χ3v) is 4.42. The third kappa shape index (κ3) is 3.81. The Bertz CT molecular complexity index is 383. The van der Waals surface area contributed by atoms with Gasteiger partial charge in [0, 0.05) is 31.2 Å². The molecule has 0 aromatic rings. The Morgan fingerprint density at radius 1 is 1.23 bits per heavy atom. The highest BCUT2D eigenvalue weighted by Crippen LogP contribution is 2.40. The predicted molar refractivity (Wildman–Crippen MR) is 80.3 cm³/mol. The highest BCUT2D eigenvalue weighted by Gasteiger charge is 2.46. The number of carbonyl (C=O) groups is 1. The zero-order chi connectivity index (χ0) is 15.6. The summed E-state index contributed by atoms with van der Waals surface area (Å²) in [5.74, 6) is 0.629. The van der Waals surface area contributed by atoms with E-state index in [0.717, 1.165) is 18.8 Å². The van der Waals surface area contributed by atoms with E-state index in [2.05, 4.69) is 5.32 Å². The number of carbonyl (C=O) groups excluding carboxylic acids is 1. The molecule has 22 heavy (non-hydrogen) atoms. The zero-order valence-electron chi connectivity index (χ0n) is 13.3. The molecule has 1 heterocycles. The lowest BCUT2D eigenvalue weighted by molar-refractivity contribution is -0.511. The van der Waals surface area contributed by atoms with E-state index < -0.39 is 11.4 Å². The Morgan fingerprint density at radius 3 is 2.50 bits per heavy atom. The Morgan fingerprint density at radius 2 is 1.91 bits per heavy atom. The van der Waals surface area contributed by atoms with Gasteiger partial charge in [-0.3, -0.25) is 4.79 Å². The summed E-state index contributed by atoms with van der Waals surface area (Å²) in [5.41, 5.74) is -0.404. The summed E-state index contributed by atoms with van der Waals surface area (Å²) in [4.78, 5) is 23.2. The molecule has 121 valence electrons. The number of amides is 1. The van der Waals surface area contributed by atoms with E-state index in [-0.39, 0.29) is 11.8 Å². The number of hydrogen-bond donors (Lipinski definition) is 1. The fraction of sp³-hybridized carbons (Fsp3) is 0.647. The molecule has 5 heteroatoms. The molecule has 0 aromatic heterocycles. The maximum Gasteiger partial charge on any atom is 0.223 e. The average Bonchev–Trinajstić information content (AvgIpc) is 3.03. The first-order valence-corrected chi connectivity index (χ1v) is 7.97. The second-order valence-corrected chi connectivity index (χ2v) is 6.91. The lowest BCUT2D eigenvalue weighted by Gasteiger charge is -2.44. The van der Waals surface area contributed by atoms with Gasteiger partial charge in [0.15, 0.2) is 0 Å². The van der Waals surface area contributed by atoms with E-state index in [1.54, 1.807) is 0 Å². The van der Waals surface area contributed by atoms with Gasteiger partial charge in [-0.05, 0) is 52.4 Å². The van der Waals surface area contributed by atoms with Gasteiger partial charge in [0.1, 0.15) is 5.60 Å². The van der Waals surface area contributed by atoms with E-state index >= 15 is 0 Å². The largest absolute Gasteiger partial charge is 0.355 e. The van der Waals surface area contributed by atoms with Crippen LogP contribution in [0.2, 0.25) is 0 Å². The quantitative estimate of drug-likeness (QED) is 0.812. The van der Waals surface area contributed by atoms with Gasteiger partial charge in [0.2, 0.25) is 11.7 Å². The molecule has 0 atom stereocenters. The molecule has 1 aliphatic heterocycles. The van der Waals surface area contributed by atoms with Gasteiger partial charge in [-0.2, -0.15) is 0 Å². The molecule has 1 N–H and O–H groups in total. The van der Waals surface area contributed by atoms with Crippen LogP contribution in [0.15, 0.2) is 0 Å². The molecule has 1 spiro atoms. The van der Waals surface area contributed by atoms with Crippen LogP contribution in [0.1, 0.15) is 39.5 Å². The van der Waals surface area contributed by atoms with Crippen LogP contribution in [0.3, 0.4) is 0 Å². The van der Waals surface area contributed by atoms with Crippen LogP contribution < -0.4 is 5.32 Å². The van der Waals surface area contributed by atoms with E-state index in [0.29, 0.717) is 26.0 Å². The van der Waals surface area contributed by atoms with Crippen molar-refractivity contribution in [2.24, 2.45) is 5.92 Å². The van der Waals surface area contributed by atoms with E-state index in [1.807, 2.05) is 39.5 Å². The summed E-state index contributed by atoms with van der Waals surface area (Å²) in [7, 11) is 0. The molecule has 2 aliphatic carbocycles. The lowest BCUT2D eigenvalue weighted by atomic mass is 9.84.